The highest BCUT2D eigenvalue weighted by Gasteiger charge is 2.16. The minimum atomic E-state index is -0.333. The van der Waals surface area contributed by atoms with Gasteiger partial charge in [-0.05, 0) is 75.7 Å². The summed E-state index contributed by atoms with van der Waals surface area (Å²) in [5.41, 5.74) is 3.92. The summed E-state index contributed by atoms with van der Waals surface area (Å²) >= 11 is 0. The molecule has 1 saturated heterocycles. The molecule has 2 amide bonds. The molecule has 0 unspecified atom stereocenters. The molecule has 3 N–H and O–H groups in total. The van der Waals surface area contributed by atoms with E-state index in [1.54, 1.807) is 18.2 Å². The Morgan fingerprint density at radius 2 is 2.06 bits per heavy atom. The molecule has 2 aromatic rings. The monoisotopic (exact) mass is 445 g/mol. The molecule has 0 spiro atoms. The Morgan fingerprint density at radius 1 is 1.27 bits per heavy atom. The van der Waals surface area contributed by atoms with E-state index in [0.29, 0.717) is 11.7 Å². The van der Waals surface area contributed by atoms with E-state index in [-0.39, 0.29) is 12.6 Å². The first-order chi connectivity index (χ1) is 16.0. The molecule has 174 valence electrons. The average molecular weight is 446 g/mol. The predicted octanol–water partition coefficient (Wildman–Crippen LogP) is 3.75. The molecule has 0 saturated carbocycles. The van der Waals surface area contributed by atoms with Crippen molar-refractivity contribution < 1.29 is 4.79 Å². The Bertz CT molecular complexity index is 1080. The smallest absolute Gasteiger partial charge is 0.319 e. The first-order valence-corrected chi connectivity index (χ1v) is 11.6. The molecule has 0 radical (unpaired) electrons. The summed E-state index contributed by atoms with van der Waals surface area (Å²) in [6.45, 7) is 13.8. The van der Waals surface area contributed by atoms with Crippen LogP contribution in [-0.4, -0.2) is 48.2 Å². The SMILES string of the molecule is C=C/C=C\C(=C)NC(=O)NCC#Cc1cc2cc(CNC3CCN(C)CC3)ccc2n1CC. The zero-order chi connectivity index (χ0) is 23.6. The zero-order valence-electron chi connectivity index (χ0n) is 19.8. The van der Waals surface area contributed by atoms with E-state index in [0.717, 1.165) is 31.9 Å². The van der Waals surface area contributed by atoms with Gasteiger partial charge in [-0.2, -0.15) is 0 Å². The van der Waals surface area contributed by atoms with Gasteiger partial charge in [0, 0.05) is 35.7 Å². The van der Waals surface area contributed by atoms with Gasteiger partial charge in [-0.25, -0.2) is 4.79 Å². The van der Waals surface area contributed by atoms with Crippen molar-refractivity contribution in [3.8, 4) is 11.8 Å². The third-order valence-electron chi connectivity index (χ3n) is 5.86. The molecule has 1 aliphatic rings. The average Bonchev–Trinajstić information content (AvgIpc) is 3.16. The maximum atomic E-state index is 11.9. The van der Waals surface area contributed by atoms with Crippen LogP contribution in [0.4, 0.5) is 4.79 Å². The fraction of sp³-hybridized carbons (Fsp3) is 0.370. The molecule has 2 heterocycles. The van der Waals surface area contributed by atoms with Crippen LogP contribution in [0.15, 0.2) is 61.3 Å². The van der Waals surface area contributed by atoms with Gasteiger partial charge in [0.15, 0.2) is 0 Å². The lowest BCUT2D eigenvalue weighted by molar-refractivity contribution is 0.234. The summed E-state index contributed by atoms with van der Waals surface area (Å²) in [5, 5.41) is 10.3. The molecule has 33 heavy (non-hydrogen) atoms. The Kier molecular flexibility index (Phi) is 8.94. The van der Waals surface area contributed by atoms with Crippen molar-refractivity contribution in [1.82, 2.24) is 25.4 Å². The zero-order valence-corrected chi connectivity index (χ0v) is 19.8. The van der Waals surface area contributed by atoms with E-state index in [1.165, 1.54) is 29.3 Å². The van der Waals surface area contributed by atoms with Gasteiger partial charge < -0.3 is 25.4 Å². The molecule has 6 nitrogen and oxygen atoms in total. The van der Waals surface area contributed by atoms with E-state index in [1.807, 2.05) is 0 Å². The number of hydrogen-bond donors (Lipinski definition) is 3. The molecule has 1 aliphatic heterocycles. The fourth-order valence-electron chi connectivity index (χ4n) is 4.02. The number of likely N-dealkylation sites (tertiary alicyclic amines) is 1. The summed E-state index contributed by atoms with van der Waals surface area (Å²) in [7, 11) is 2.19. The minimum absolute atomic E-state index is 0.251. The van der Waals surface area contributed by atoms with Gasteiger partial charge in [-0.1, -0.05) is 37.3 Å². The maximum absolute atomic E-state index is 11.9. The number of rotatable bonds is 8. The number of carbonyl (C=O) groups excluding carboxylic acids is 1. The largest absolute Gasteiger partial charge is 0.334 e. The van der Waals surface area contributed by atoms with Crippen molar-refractivity contribution in [1.29, 1.82) is 0 Å². The number of piperidine rings is 1. The van der Waals surface area contributed by atoms with Crippen molar-refractivity contribution in [2.45, 2.75) is 38.9 Å². The second-order valence-corrected chi connectivity index (χ2v) is 8.35. The van der Waals surface area contributed by atoms with Crippen molar-refractivity contribution in [3.05, 3.63) is 72.6 Å². The number of carbonyl (C=O) groups is 1. The lowest BCUT2D eigenvalue weighted by Gasteiger charge is -2.29. The van der Waals surface area contributed by atoms with Gasteiger partial charge in [0.2, 0.25) is 0 Å². The van der Waals surface area contributed by atoms with Crippen LogP contribution in [0.1, 0.15) is 31.0 Å². The number of nitrogens with zero attached hydrogens (tertiary/aromatic N) is 2. The number of nitrogens with one attached hydrogen (secondary N) is 3. The number of allylic oxidation sites excluding steroid dienone is 3. The van der Waals surface area contributed by atoms with Gasteiger partial charge >= 0.3 is 6.03 Å². The van der Waals surface area contributed by atoms with Crippen LogP contribution in [0, 0.1) is 11.8 Å². The molecule has 1 aromatic carbocycles. The van der Waals surface area contributed by atoms with Crippen LogP contribution in [0.2, 0.25) is 0 Å². The lowest BCUT2D eigenvalue weighted by atomic mass is 10.0. The number of hydrogen-bond acceptors (Lipinski definition) is 3. The number of fused-ring (bicyclic) bond motifs is 1. The summed E-state index contributed by atoms with van der Waals surface area (Å²) in [6, 6.07) is 9.03. The van der Waals surface area contributed by atoms with Gasteiger partial charge in [0.25, 0.3) is 0 Å². The van der Waals surface area contributed by atoms with Crippen LogP contribution < -0.4 is 16.0 Å². The maximum Gasteiger partial charge on any atom is 0.319 e. The summed E-state index contributed by atoms with van der Waals surface area (Å²) < 4.78 is 2.21. The predicted molar refractivity (Wildman–Crippen MR) is 137 cm³/mol. The molecule has 3 rings (SSSR count). The van der Waals surface area contributed by atoms with Crippen LogP contribution in [0.3, 0.4) is 0 Å². The molecule has 1 aromatic heterocycles. The third-order valence-corrected chi connectivity index (χ3v) is 5.86. The fourth-order valence-corrected chi connectivity index (χ4v) is 4.02. The highest BCUT2D eigenvalue weighted by Crippen LogP contribution is 2.21. The van der Waals surface area contributed by atoms with Crippen LogP contribution in [0.5, 0.6) is 0 Å². The molecule has 6 heteroatoms. The van der Waals surface area contributed by atoms with Crippen molar-refractivity contribution >= 4 is 16.9 Å². The molecule has 0 aliphatic carbocycles. The lowest BCUT2D eigenvalue weighted by Crippen LogP contribution is -2.40. The van der Waals surface area contributed by atoms with Crippen LogP contribution >= 0.6 is 0 Å². The Balaban J connectivity index is 1.59. The first kappa shape index (κ1) is 24.4. The molecule has 1 fully saturated rings. The van der Waals surface area contributed by atoms with Gasteiger partial charge in [0.1, 0.15) is 0 Å². The highest BCUT2D eigenvalue weighted by molar-refractivity contribution is 5.83. The van der Waals surface area contributed by atoms with Gasteiger partial charge in [-0.3, -0.25) is 0 Å². The van der Waals surface area contributed by atoms with Crippen LogP contribution in [0.25, 0.3) is 10.9 Å². The standard InChI is InChI=1S/C27H35N5O/c1-5-7-9-21(3)30-27(33)28-15-8-10-25-19-23-18-22(11-12-26(23)32(25)6-2)20-29-24-13-16-31(4)17-14-24/h5,7,9,11-12,18-19,24,29H,1,3,6,13-17,20H2,2,4H3,(H2,28,30,33)/b9-7-. The van der Waals surface area contributed by atoms with Crippen molar-refractivity contribution in [3.63, 3.8) is 0 Å². The number of benzene rings is 1. The van der Waals surface area contributed by atoms with Gasteiger partial charge in [-0.15, -0.1) is 0 Å². The topological polar surface area (TPSA) is 61.3 Å². The van der Waals surface area contributed by atoms with Crippen LogP contribution in [-0.2, 0) is 13.1 Å². The van der Waals surface area contributed by atoms with Crippen molar-refractivity contribution in [2.75, 3.05) is 26.7 Å². The normalized spacial score (nSPS) is 14.7. The number of aryl methyl sites for hydroxylation is 1. The Labute approximate surface area is 197 Å². The second-order valence-electron chi connectivity index (χ2n) is 8.35. The number of urea groups is 1. The summed E-state index contributed by atoms with van der Waals surface area (Å²) in [4.78, 5) is 14.3. The van der Waals surface area contributed by atoms with Crippen molar-refractivity contribution in [2.24, 2.45) is 0 Å². The Morgan fingerprint density at radius 3 is 2.79 bits per heavy atom. The summed E-state index contributed by atoms with van der Waals surface area (Å²) in [6.07, 6.45) is 7.42. The highest BCUT2D eigenvalue weighted by atomic mass is 16.2. The summed E-state index contributed by atoms with van der Waals surface area (Å²) in [5.74, 6) is 6.25. The second kappa shape index (κ2) is 12.1. The molecular formula is C27H35N5O. The van der Waals surface area contributed by atoms with E-state index in [4.69, 9.17) is 0 Å². The third kappa shape index (κ3) is 7.11. The quantitative estimate of drug-likeness (QED) is 0.428. The minimum Gasteiger partial charge on any atom is -0.334 e. The Hall–Kier alpha value is -3.27. The van der Waals surface area contributed by atoms with E-state index < -0.39 is 0 Å². The molecule has 0 bridgehead atoms. The van der Waals surface area contributed by atoms with E-state index in [9.17, 15) is 4.79 Å². The van der Waals surface area contributed by atoms with E-state index in [2.05, 4.69) is 88.7 Å². The number of amides is 2. The first-order valence-electron chi connectivity index (χ1n) is 11.6. The van der Waals surface area contributed by atoms with Gasteiger partial charge in [0.05, 0.1) is 12.2 Å². The molecular weight excluding hydrogens is 410 g/mol. The van der Waals surface area contributed by atoms with E-state index >= 15 is 0 Å². The molecule has 0 atom stereocenters. The number of aromatic nitrogens is 1.